The summed E-state index contributed by atoms with van der Waals surface area (Å²) in [5.41, 5.74) is 3.20. The monoisotopic (exact) mass is 405 g/mol. The Bertz CT molecular complexity index is 1030. The van der Waals surface area contributed by atoms with Gasteiger partial charge < -0.3 is 14.2 Å². The van der Waals surface area contributed by atoms with Crippen molar-refractivity contribution in [3.05, 3.63) is 59.9 Å². The Hall–Kier alpha value is -2.82. The predicted octanol–water partition coefficient (Wildman–Crippen LogP) is 4.79. The van der Waals surface area contributed by atoms with Gasteiger partial charge in [0.1, 0.15) is 18.2 Å². The number of amides is 1. The minimum atomic E-state index is -0.170. The summed E-state index contributed by atoms with van der Waals surface area (Å²) in [5, 5.41) is 0. The lowest BCUT2D eigenvalue weighted by molar-refractivity contribution is -0.131. The first-order chi connectivity index (χ1) is 14.4. The summed E-state index contributed by atoms with van der Waals surface area (Å²) in [4.78, 5) is 19.5. The lowest BCUT2D eigenvalue weighted by Gasteiger charge is -2.32. The Morgan fingerprint density at radius 2 is 1.83 bits per heavy atom. The lowest BCUT2D eigenvalue weighted by atomic mass is 10.1. The number of imidazole rings is 1. The van der Waals surface area contributed by atoms with E-state index in [1.165, 1.54) is 5.56 Å². The summed E-state index contributed by atoms with van der Waals surface area (Å²) in [6, 6.07) is 16.5. The molecular formula is C25H31N3O2. The van der Waals surface area contributed by atoms with Gasteiger partial charge in [-0.25, -0.2) is 4.98 Å². The van der Waals surface area contributed by atoms with Crippen molar-refractivity contribution in [2.75, 3.05) is 13.2 Å². The molecule has 5 heteroatoms. The summed E-state index contributed by atoms with van der Waals surface area (Å²) in [6.07, 6.45) is 1.54. The zero-order chi connectivity index (χ0) is 21.3. The van der Waals surface area contributed by atoms with Gasteiger partial charge >= 0.3 is 0 Å². The highest BCUT2D eigenvalue weighted by molar-refractivity contribution is 5.81. The van der Waals surface area contributed by atoms with E-state index in [-0.39, 0.29) is 17.4 Å². The Morgan fingerprint density at radius 1 is 1.10 bits per heavy atom. The molecule has 1 fully saturated rings. The number of nitrogens with zero attached hydrogens (tertiary/aromatic N) is 3. The highest BCUT2D eigenvalue weighted by atomic mass is 16.5. The van der Waals surface area contributed by atoms with Crippen LogP contribution in [0.5, 0.6) is 5.75 Å². The first-order valence-electron chi connectivity index (χ1n) is 10.8. The number of aryl methyl sites for hydroxylation is 1. The fraction of sp³-hybridized carbons (Fsp3) is 0.440. The number of carbonyl (C=O) groups excluding carboxylic acids is 1. The number of hydrogen-bond donors (Lipinski definition) is 0. The van der Waals surface area contributed by atoms with Crippen LogP contribution in [0.4, 0.5) is 0 Å². The molecule has 5 nitrogen and oxygen atoms in total. The third-order valence-corrected chi connectivity index (χ3v) is 5.90. The van der Waals surface area contributed by atoms with Crippen molar-refractivity contribution in [2.45, 2.75) is 58.5 Å². The molecule has 1 saturated heterocycles. The van der Waals surface area contributed by atoms with Gasteiger partial charge in [0.25, 0.3) is 0 Å². The van der Waals surface area contributed by atoms with Gasteiger partial charge in [0, 0.05) is 24.4 Å². The quantitative estimate of drug-likeness (QED) is 0.592. The maximum absolute atomic E-state index is 12.6. The van der Waals surface area contributed by atoms with Crippen molar-refractivity contribution in [3.8, 4) is 5.75 Å². The van der Waals surface area contributed by atoms with Gasteiger partial charge in [-0.1, -0.05) is 31.2 Å². The van der Waals surface area contributed by atoms with Crippen LogP contribution in [-0.2, 0) is 17.8 Å². The molecule has 0 bridgehead atoms. The van der Waals surface area contributed by atoms with Gasteiger partial charge in [0.05, 0.1) is 17.6 Å². The van der Waals surface area contributed by atoms with Crippen LogP contribution in [-0.4, -0.2) is 39.0 Å². The summed E-state index contributed by atoms with van der Waals surface area (Å²) < 4.78 is 8.25. The summed E-state index contributed by atoms with van der Waals surface area (Å²) in [6.45, 7) is 10.4. The maximum Gasteiger partial charge on any atom is 0.223 e. The highest BCUT2D eigenvalue weighted by Crippen LogP contribution is 2.33. The Labute approximate surface area is 178 Å². The number of likely N-dealkylation sites (tertiary alicyclic amines) is 1. The molecule has 0 radical (unpaired) electrons. The molecule has 2 aromatic carbocycles. The fourth-order valence-electron chi connectivity index (χ4n) is 4.25. The SMILES string of the molecule is CCc1ccc(OCCn2c([C@H]3CC(=O)N(C(C)(C)C)C3)nc3ccccc32)cc1. The lowest BCUT2D eigenvalue weighted by Crippen LogP contribution is -2.42. The maximum atomic E-state index is 12.6. The van der Waals surface area contributed by atoms with E-state index < -0.39 is 0 Å². The molecule has 1 aromatic heterocycles. The third-order valence-electron chi connectivity index (χ3n) is 5.90. The van der Waals surface area contributed by atoms with Crippen LogP contribution in [0, 0.1) is 0 Å². The summed E-state index contributed by atoms with van der Waals surface area (Å²) >= 11 is 0. The number of hydrogen-bond acceptors (Lipinski definition) is 3. The number of benzene rings is 2. The molecule has 4 rings (SSSR count). The number of para-hydroxylation sites is 2. The number of rotatable bonds is 6. The minimum Gasteiger partial charge on any atom is -0.492 e. The summed E-state index contributed by atoms with van der Waals surface area (Å²) in [5.74, 6) is 2.18. The molecule has 0 spiro atoms. The van der Waals surface area contributed by atoms with E-state index in [0.717, 1.165) is 29.0 Å². The number of ether oxygens (including phenoxy) is 1. The first-order valence-corrected chi connectivity index (χ1v) is 10.8. The van der Waals surface area contributed by atoms with Gasteiger partial charge in [-0.05, 0) is 57.0 Å². The van der Waals surface area contributed by atoms with E-state index in [0.29, 0.717) is 26.1 Å². The largest absolute Gasteiger partial charge is 0.492 e. The standard InChI is InChI=1S/C25H31N3O2/c1-5-18-10-12-20(13-11-18)30-15-14-27-22-9-7-6-8-21(22)26-24(27)19-16-23(29)28(17-19)25(2,3)4/h6-13,19H,5,14-17H2,1-4H3/t19-/m0/s1. The molecule has 0 saturated carbocycles. The fourth-order valence-corrected chi connectivity index (χ4v) is 4.25. The van der Waals surface area contributed by atoms with E-state index >= 15 is 0 Å². The minimum absolute atomic E-state index is 0.105. The second kappa shape index (κ2) is 8.13. The molecule has 0 N–H and O–H groups in total. The molecule has 1 aliphatic rings. The molecule has 158 valence electrons. The van der Waals surface area contributed by atoms with Gasteiger partial charge in [-0.15, -0.1) is 0 Å². The Kier molecular flexibility index (Phi) is 5.54. The molecule has 30 heavy (non-hydrogen) atoms. The van der Waals surface area contributed by atoms with Crippen LogP contribution < -0.4 is 4.74 Å². The van der Waals surface area contributed by atoms with Gasteiger partial charge in [0.15, 0.2) is 0 Å². The van der Waals surface area contributed by atoms with Crippen molar-refractivity contribution in [1.82, 2.24) is 14.5 Å². The highest BCUT2D eigenvalue weighted by Gasteiger charge is 2.38. The van der Waals surface area contributed by atoms with Crippen molar-refractivity contribution >= 4 is 16.9 Å². The molecule has 2 heterocycles. The van der Waals surface area contributed by atoms with Gasteiger partial charge in [-0.2, -0.15) is 0 Å². The first kappa shape index (κ1) is 20.5. The van der Waals surface area contributed by atoms with Crippen molar-refractivity contribution in [2.24, 2.45) is 0 Å². The number of carbonyl (C=O) groups is 1. The van der Waals surface area contributed by atoms with Crippen LogP contribution >= 0.6 is 0 Å². The second-order valence-electron chi connectivity index (χ2n) is 9.03. The second-order valence-corrected chi connectivity index (χ2v) is 9.03. The van der Waals surface area contributed by atoms with E-state index in [2.05, 4.69) is 50.5 Å². The topological polar surface area (TPSA) is 47.4 Å². The molecule has 1 aliphatic heterocycles. The Morgan fingerprint density at radius 3 is 2.50 bits per heavy atom. The summed E-state index contributed by atoms with van der Waals surface area (Å²) in [7, 11) is 0. The van der Waals surface area contributed by atoms with Gasteiger partial charge in [0.2, 0.25) is 5.91 Å². The molecule has 0 unspecified atom stereocenters. The Balaban J connectivity index is 1.55. The van der Waals surface area contributed by atoms with E-state index in [1.54, 1.807) is 0 Å². The molecule has 1 atom stereocenters. The molecule has 0 aliphatic carbocycles. The van der Waals surface area contributed by atoms with Crippen LogP contribution in [0.25, 0.3) is 11.0 Å². The molecular weight excluding hydrogens is 374 g/mol. The van der Waals surface area contributed by atoms with E-state index in [1.807, 2.05) is 35.2 Å². The van der Waals surface area contributed by atoms with Crippen LogP contribution in [0.2, 0.25) is 0 Å². The zero-order valence-corrected chi connectivity index (χ0v) is 18.4. The average molecular weight is 406 g/mol. The zero-order valence-electron chi connectivity index (χ0n) is 18.4. The van der Waals surface area contributed by atoms with Crippen LogP contribution in [0.3, 0.4) is 0 Å². The van der Waals surface area contributed by atoms with Crippen LogP contribution in [0.1, 0.15) is 51.4 Å². The van der Waals surface area contributed by atoms with Gasteiger partial charge in [-0.3, -0.25) is 4.79 Å². The van der Waals surface area contributed by atoms with E-state index in [4.69, 9.17) is 9.72 Å². The third kappa shape index (κ3) is 4.07. The smallest absolute Gasteiger partial charge is 0.223 e. The average Bonchev–Trinajstić information content (AvgIpc) is 3.29. The van der Waals surface area contributed by atoms with Crippen LogP contribution in [0.15, 0.2) is 48.5 Å². The van der Waals surface area contributed by atoms with Crippen molar-refractivity contribution in [3.63, 3.8) is 0 Å². The number of fused-ring (bicyclic) bond motifs is 1. The van der Waals surface area contributed by atoms with Crippen molar-refractivity contribution in [1.29, 1.82) is 0 Å². The van der Waals surface area contributed by atoms with E-state index in [9.17, 15) is 4.79 Å². The molecule has 3 aromatic rings. The number of aromatic nitrogens is 2. The normalized spacial score (nSPS) is 17.1. The predicted molar refractivity (Wildman–Crippen MR) is 120 cm³/mol. The van der Waals surface area contributed by atoms with Crippen molar-refractivity contribution < 1.29 is 9.53 Å². The molecule has 1 amide bonds.